The molecule has 0 atom stereocenters. The molecule has 0 aliphatic heterocycles. The second-order valence-corrected chi connectivity index (χ2v) is 0.614. The topological polar surface area (TPSA) is 133 Å². The van der Waals surface area contributed by atoms with E-state index in [-0.39, 0.29) is 76.0 Å². The Morgan fingerprint density at radius 2 is 0.615 bits per heavy atom. The smallest absolute Gasteiger partial charge is 1.00 e. The van der Waals surface area contributed by atoms with Gasteiger partial charge in [0.15, 0.2) is 0 Å². The molecule has 0 amide bonds. The molecule has 0 fully saturated rings. The average molecular weight is 381 g/mol. The van der Waals surface area contributed by atoms with E-state index in [1.807, 2.05) is 0 Å². The van der Waals surface area contributed by atoms with Crippen molar-refractivity contribution in [2.75, 3.05) is 0 Å². The molecular weight excluding hydrogens is 379 g/mol. The Bertz CT molecular complexity index is 39.4. The second kappa shape index (κ2) is 36.9. The summed E-state index contributed by atoms with van der Waals surface area (Å²) >= 11 is 0. The fourth-order valence-corrected chi connectivity index (χ4v) is 0. The van der Waals surface area contributed by atoms with Crippen LogP contribution in [0.3, 0.4) is 0 Å². The molecule has 13 heavy (non-hydrogen) atoms. The van der Waals surface area contributed by atoms with Crippen LogP contribution in [0.5, 0.6) is 0 Å². The van der Waals surface area contributed by atoms with Gasteiger partial charge in [0.25, 0.3) is 0 Å². The summed E-state index contributed by atoms with van der Waals surface area (Å²) in [6, 6.07) is 0. The van der Waals surface area contributed by atoms with Gasteiger partial charge in [-0.25, -0.2) is 0 Å². The van der Waals surface area contributed by atoms with Crippen LogP contribution in [0.1, 0.15) is 0 Å². The van der Waals surface area contributed by atoms with Gasteiger partial charge >= 0.3 is 51.2 Å². The van der Waals surface area contributed by atoms with E-state index in [9.17, 15) is 0 Å². The average Bonchev–Trinajstić information content (AvgIpc) is 1.25. The summed E-state index contributed by atoms with van der Waals surface area (Å²) in [5.41, 5.74) is 0. The van der Waals surface area contributed by atoms with E-state index < -0.39 is 14.6 Å². The van der Waals surface area contributed by atoms with Crippen molar-refractivity contribution < 1.29 is 106 Å². The zero-order chi connectivity index (χ0) is 7.15. The van der Waals surface area contributed by atoms with Crippen molar-refractivity contribution in [1.29, 1.82) is 0 Å². The number of halogens is 2. The monoisotopic (exact) mass is 379 g/mol. The molecular formula is H2B2Cl2Cu3O6. The molecule has 0 aliphatic rings. The van der Waals surface area contributed by atoms with Crippen molar-refractivity contribution in [3.8, 4) is 0 Å². The molecule has 2 N–H and O–H groups in total. The molecule has 13 heteroatoms. The van der Waals surface area contributed by atoms with Gasteiger partial charge in [-0.15, -0.1) is 0 Å². The van der Waals surface area contributed by atoms with E-state index in [0.29, 0.717) is 0 Å². The van der Waals surface area contributed by atoms with E-state index in [1.165, 1.54) is 0 Å². The minimum absolute atomic E-state index is 0. The molecule has 0 aromatic rings. The van der Waals surface area contributed by atoms with Crippen molar-refractivity contribution in [2.45, 2.75) is 0 Å². The van der Waals surface area contributed by atoms with E-state index in [2.05, 4.69) is 0 Å². The van der Waals surface area contributed by atoms with Gasteiger partial charge in [-0.1, -0.05) is 0 Å². The molecule has 91 valence electrons. The third-order valence-electron chi connectivity index (χ3n) is 0. The number of hydrogen-bond donors (Lipinski definition) is 2. The Balaban J connectivity index is -0.00000000800. The summed E-state index contributed by atoms with van der Waals surface area (Å²) in [6.45, 7) is 0. The normalized spacial score (nSPS) is 4.15. The van der Waals surface area contributed by atoms with Gasteiger partial charge in [0, 0.05) is 0 Å². The molecule has 3 radical (unpaired) electrons. The van der Waals surface area contributed by atoms with Crippen LogP contribution in [0.4, 0.5) is 0 Å². The van der Waals surface area contributed by atoms with Crippen LogP contribution in [-0.4, -0.2) is 24.7 Å². The van der Waals surface area contributed by atoms with Crippen LogP contribution in [0.25, 0.3) is 0 Å². The Labute approximate surface area is 120 Å². The van der Waals surface area contributed by atoms with Gasteiger partial charge in [0.05, 0.1) is 14.6 Å². The van der Waals surface area contributed by atoms with Gasteiger partial charge in [0.2, 0.25) is 0 Å². The minimum atomic E-state index is -2.67. The molecule has 6 nitrogen and oxygen atoms in total. The molecule has 0 saturated carbocycles. The van der Waals surface area contributed by atoms with Gasteiger partial charge in [-0.05, 0) is 0 Å². The molecule has 0 rings (SSSR count). The summed E-state index contributed by atoms with van der Waals surface area (Å²) in [5.74, 6) is 0. The summed E-state index contributed by atoms with van der Waals surface area (Å²) in [7, 11) is -5.33. The zero-order valence-electron chi connectivity index (χ0n) is 5.34. The molecule has 0 heterocycles. The van der Waals surface area contributed by atoms with Crippen LogP contribution >= 0.6 is 0 Å². The maximum absolute atomic E-state index is 8.53. The third-order valence-corrected chi connectivity index (χ3v) is 0. The first-order valence-electron chi connectivity index (χ1n) is 1.46. The van der Waals surface area contributed by atoms with Crippen LogP contribution in [0.15, 0.2) is 0 Å². The van der Waals surface area contributed by atoms with Crippen LogP contribution in [0.2, 0.25) is 0 Å². The molecule has 0 aromatic heterocycles. The van der Waals surface area contributed by atoms with E-state index >= 15 is 0 Å². The Hall–Kier alpha value is 2.03. The van der Waals surface area contributed by atoms with Gasteiger partial charge in [-0.2, -0.15) is 0 Å². The van der Waals surface area contributed by atoms with Crippen molar-refractivity contribution in [2.24, 2.45) is 0 Å². The van der Waals surface area contributed by atoms with Crippen LogP contribution < -0.4 is 44.9 Å². The first kappa shape index (κ1) is 45.9. The molecule has 0 bridgehead atoms. The summed E-state index contributed by atoms with van der Waals surface area (Å²) in [6.07, 6.45) is 0. The number of hydrogen-bond acceptors (Lipinski definition) is 6. The number of rotatable bonds is 0. The maximum atomic E-state index is 8.53. The third kappa shape index (κ3) is 493. The second-order valence-electron chi connectivity index (χ2n) is 0.614. The van der Waals surface area contributed by atoms with Gasteiger partial charge in [0.1, 0.15) is 0 Å². The van der Waals surface area contributed by atoms with E-state index in [4.69, 9.17) is 30.1 Å². The first-order chi connectivity index (χ1) is 3.46. The molecule has 0 aliphatic carbocycles. The van der Waals surface area contributed by atoms with Gasteiger partial charge < -0.3 is 55.0 Å². The van der Waals surface area contributed by atoms with Crippen LogP contribution in [0, 0.1) is 0 Å². The predicted molar refractivity (Wildman–Crippen MR) is 15.9 cm³/mol. The van der Waals surface area contributed by atoms with E-state index in [0.717, 1.165) is 0 Å². The molecule has 0 unspecified atom stereocenters. The molecule has 0 saturated heterocycles. The standard InChI is InChI=1S/2BHO3.2ClH.3Cu/c2*2-1(3)4;;;;;/h2*2H;2*1H;;;/q2*-2;;;3*+2/p-2. The van der Waals surface area contributed by atoms with Crippen molar-refractivity contribution in [3.63, 3.8) is 0 Å². The SMILES string of the molecule is [Cl-].[Cl-].[Cu+2].[Cu+2].[Cu+2].[O-]B([O-])O.[O-]B([O-])O. The predicted octanol–water partition coefficient (Wildman–Crippen LogP) is -12.6. The summed E-state index contributed by atoms with van der Waals surface area (Å²) in [5, 5.41) is 48.0. The molecule has 0 aromatic carbocycles. The Morgan fingerprint density at radius 1 is 0.615 bits per heavy atom. The van der Waals surface area contributed by atoms with E-state index in [1.54, 1.807) is 0 Å². The molecule has 0 spiro atoms. The minimum Gasteiger partial charge on any atom is -1.00 e. The Kier molecular flexibility index (Phi) is 130. The van der Waals surface area contributed by atoms with Crippen molar-refractivity contribution in [3.05, 3.63) is 0 Å². The largest absolute Gasteiger partial charge is 2.00 e. The van der Waals surface area contributed by atoms with Crippen molar-refractivity contribution in [1.82, 2.24) is 0 Å². The fraction of sp³-hybridized carbons (Fsp3) is 0. The fourth-order valence-electron chi connectivity index (χ4n) is 0. The van der Waals surface area contributed by atoms with Gasteiger partial charge in [-0.3, -0.25) is 0 Å². The van der Waals surface area contributed by atoms with Crippen LogP contribution in [-0.2, 0) is 51.2 Å². The first-order valence-corrected chi connectivity index (χ1v) is 1.46. The zero-order valence-corrected chi connectivity index (χ0v) is 9.68. The Morgan fingerprint density at radius 3 is 0.615 bits per heavy atom. The maximum Gasteiger partial charge on any atom is 2.00 e. The summed E-state index contributed by atoms with van der Waals surface area (Å²) < 4.78 is 0. The quantitative estimate of drug-likeness (QED) is 0.401. The summed E-state index contributed by atoms with van der Waals surface area (Å²) in [4.78, 5) is 0. The van der Waals surface area contributed by atoms with Crippen molar-refractivity contribution >= 4 is 14.6 Å².